The molecule has 0 aliphatic rings. The summed E-state index contributed by atoms with van der Waals surface area (Å²) in [5.74, 6) is -0.833. The van der Waals surface area contributed by atoms with Crippen LogP contribution in [0.2, 0.25) is 0 Å². The molecule has 0 rings (SSSR count). The van der Waals surface area contributed by atoms with Crippen molar-refractivity contribution in [1.29, 1.82) is 0 Å². The number of carboxylic acid groups (broad SMARTS) is 1. The summed E-state index contributed by atoms with van der Waals surface area (Å²) in [6.07, 6.45) is 20.3. The summed E-state index contributed by atoms with van der Waals surface area (Å²) in [5.41, 5.74) is 0. The van der Waals surface area contributed by atoms with Crippen LogP contribution in [0, 0.1) is 0 Å². The molecule has 0 aromatic carbocycles. The minimum Gasteiger partial charge on any atom is -0.481 e. The molecule has 2 N–H and O–H groups in total. The fraction of sp³-hybridized carbons (Fsp3) is 0.833. The fourth-order valence-electron chi connectivity index (χ4n) is 1.99. The molecule has 0 saturated carbocycles. The highest BCUT2D eigenvalue weighted by atomic mass is 16.4. The molecule has 126 valence electrons. The van der Waals surface area contributed by atoms with E-state index in [0.717, 1.165) is 13.3 Å². The van der Waals surface area contributed by atoms with Gasteiger partial charge in [0.25, 0.3) is 5.97 Å². The minimum absolute atomic E-state index is 0.365. The summed E-state index contributed by atoms with van der Waals surface area (Å²) in [6.45, 7) is 3.69. The molecule has 0 amide bonds. The van der Waals surface area contributed by atoms with E-state index < -0.39 is 5.97 Å². The van der Waals surface area contributed by atoms with Gasteiger partial charge in [0.2, 0.25) is 0 Å². The van der Waals surface area contributed by atoms with Crippen molar-refractivity contribution in [2.75, 3.05) is 6.61 Å². The number of aliphatic hydroxyl groups excluding tert-OH is 1. The Morgan fingerprint density at radius 3 is 1.62 bits per heavy atom. The fourth-order valence-corrected chi connectivity index (χ4v) is 1.99. The van der Waals surface area contributed by atoms with Crippen LogP contribution in [0.25, 0.3) is 0 Å². The Hall–Kier alpha value is -0.830. The molecule has 0 radical (unpaired) electrons. The van der Waals surface area contributed by atoms with Crippen molar-refractivity contribution in [3.05, 3.63) is 12.2 Å². The first kappa shape index (κ1) is 22.5. The highest BCUT2D eigenvalue weighted by Gasteiger charge is 1.91. The number of carboxylic acids is 1. The second-order valence-corrected chi connectivity index (χ2v) is 5.47. The average molecular weight is 300 g/mol. The van der Waals surface area contributed by atoms with Crippen LogP contribution in [0.15, 0.2) is 12.2 Å². The van der Waals surface area contributed by atoms with Gasteiger partial charge in [-0.1, -0.05) is 70.4 Å². The summed E-state index contributed by atoms with van der Waals surface area (Å²) in [4.78, 5) is 9.00. The van der Waals surface area contributed by atoms with E-state index in [-0.39, 0.29) is 0 Å². The number of hydrogen-bond donors (Lipinski definition) is 2. The van der Waals surface area contributed by atoms with E-state index in [1.165, 1.54) is 70.6 Å². The second kappa shape index (κ2) is 21.5. The lowest BCUT2D eigenvalue weighted by Crippen LogP contribution is -1.84. The molecule has 3 nitrogen and oxygen atoms in total. The van der Waals surface area contributed by atoms with E-state index in [0.29, 0.717) is 6.61 Å². The average Bonchev–Trinajstić information content (AvgIpc) is 2.43. The third kappa shape index (κ3) is 32.6. The molecule has 0 heterocycles. The predicted octanol–water partition coefficient (Wildman–Crippen LogP) is 5.33. The van der Waals surface area contributed by atoms with Crippen molar-refractivity contribution in [2.45, 2.75) is 90.9 Å². The number of aliphatic hydroxyl groups is 1. The van der Waals surface area contributed by atoms with Gasteiger partial charge in [-0.15, -0.1) is 0 Å². The third-order valence-corrected chi connectivity index (χ3v) is 3.17. The molecular weight excluding hydrogens is 264 g/mol. The second-order valence-electron chi connectivity index (χ2n) is 5.47. The van der Waals surface area contributed by atoms with Crippen molar-refractivity contribution >= 4 is 5.97 Å². The SMILES string of the molecule is CC(=O)O.CCCC/C=C/CCCCCCCCCCO. The van der Waals surface area contributed by atoms with E-state index >= 15 is 0 Å². The van der Waals surface area contributed by atoms with Crippen molar-refractivity contribution < 1.29 is 15.0 Å². The molecule has 21 heavy (non-hydrogen) atoms. The Morgan fingerprint density at radius 1 is 0.810 bits per heavy atom. The predicted molar refractivity (Wildman–Crippen MR) is 90.6 cm³/mol. The molecule has 0 aliphatic carbocycles. The van der Waals surface area contributed by atoms with Crippen LogP contribution in [-0.4, -0.2) is 22.8 Å². The first-order valence-corrected chi connectivity index (χ1v) is 8.60. The highest BCUT2D eigenvalue weighted by molar-refractivity contribution is 5.62. The normalized spacial score (nSPS) is 10.4. The van der Waals surface area contributed by atoms with Gasteiger partial charge in [0.15, 0.2) is 0 Å². The maximum absolute atomic E-state index is 9.00. The van der Waals surface area contributed by atoms with Gasteiger partial charge < -0.3 is 10.2 Å². The van der Waals surface area contributed by atoms with E-state index in [4.69, 9.17) is 15.0 Å². The van der Waals surface area contributed by atoms with Gasteiger partial charge in [0.05, 0.1) is 0 Å². The molecule has 0 unspecified atom stereocenters. The van der Waals surface area contributed by atoms with Crippen LogP contribution in [0.5, 0.6) is 0 Å². The third-order valence-electron chi connectivity index (χ3n) is 3.17. The molecule has 0 saturated heterocycles. The molecule has 0 aromatic heterocycles. The Bertz CT molecular complexity index is 221. The van der Waals surface area contributed by atoms with Crippen molar-refractivity contribution in [1.82, 2.24) is 0 Å². The van der Waals surface area contributed by atoms with E-state index in [2.05, 4.69) is 19.1 Å². The zero-order valence-corrected chi connectivity index (χ0v) is 14.1. The van der Waals surface area contributed by atoms with Crippen LogP contribution in [-0.2, 0) is 4.79 Å². The topological polar surface area (TPSA) is 57.5 Å². The maximum atomic E-state index is 9.00. The van der Waals surface area contributed by atoms with Gasteiger partial charge in [-0.3, -0.25) is 4.79 Å². The first-order chi connectivity index (χ1) is 10.1. The summed E-state index contributed by atoms with van der Waals surface area (Å²) in [7, 11) is 0. The Morgan fingerprint density at radius 2 is 1.19 bits per heavy atom. The van der Waals surface area contributed by atoms with Crippen LogP contribution in [0.4, 0.5) is 0 Å². The Labute approximate surface area is 131 Å². The first-order valence-electron chi connectivity index (χ1n) is 8.60. The van der Waals surface area contributed by atoms with E-state index in [1.54, 1.807) is 0 Å². The van der Waals surface area contributed by atoms with Crippen LogP contribution in [0.1, 0.15) is 90.9 Å². The maximum Gasteiger partial charge on any atom is 0.300 e. The van der Waals surface area contributed by atoms with Gasteiger partial charge >= 0.3 is 0 Å². The molecule has 0 aliphatic heterocycles. The van der Waals surface area contributed by atoms with E-state index in [1.807, 2.05) is 0 Å². The van der Waals surface area contributed by atoms with Crippen LogP contribution in [0.3, 0.4) is 0 Å². The summed E-state index contributed by atoms with van der Waals surface area (Å²) >= 11 is 0. The highest BCUT2D eigenvalue weighted by Crippen LogP contribution is 2.10. The van der Waals surface area contributed by atoms with Crippen molar-refractivity contribution in [3.63, 3.8) is 0 Å². The minimum atomic E-state index is -0.833. The van der Waals surface area contributed by atoms with Gasteiger partial charge in [-0.2, -0.15) is 0 Å². The quantitative estimate of drug-likeness (QED) is 0.357. The number of hydrogen-bond acceptors (Lipinski definition) is 2. The summed E-state index contributed by atoms with van der Waals surface area (Å²) in [6, 6.07) is 0. The molecule has 0 bridgehead atoms. The van der Waals surface area contributed by atoms with Crippen molar-refractivity contribution in [3.8, 4) is 0 Å². The summed E-state index contributed by atoms with van der Waals surface area (Å²) in [5, 5.41) is 16.1. The molecule has 0 fully saturated rings. The molecule has 0 aromatic rings. The number of aliphatic carboxylic acids is 1. The number of carbonyl (C=O) groups is 1. The number of allylic oxidation sites excluding steroid dienone is 2. The number of rotatable bonds is 13. The lowest BCUT2D eigenvalue weighted by molar-refractivity contribution is -0.134. The van der Waals surface area contributed by atoms with Gasteiger partial charge in [-0.05, 0) is 25.7 Å². The molecule has 0 atom stereocenters. The monoisotopic (exact) mass is 300 g/mol. The van der Waals surface area contributed by atoms with Gasteiger partial charge in [0, 0.05) is 13.5 Å². The standard InChI is InChI=1S/C16H32O.C2H4O2/c1-2-3-4-5-6-7-8-9-10-11-12-13-14-15-16-17;1-2(3)4/h5-6,17H,2-4,7-16H2,1H3;1H3,(H,3,4)/b6-5+;. The van der Waals surface area contributed by atoms with Crippen molar-refractivity contribution in [2.24, 2.45) is 0 Å². The smallest absolute Gasteiger partial charge is 0.300 e. The summed E-state index contributed by atoms with van der Waals surface area (Å²) < 4.78 is 0. The van der Waals surface area contributed by atoms with Gasteiger partial charge in [0.1, 0.15) is 0 Å². The lowest BCUT2D eigenvalue weighted by atomic mass is 10.1. The Balaban J connectivity index is 0. The van der Waals surface area contributed by atoms with Crippen LogP contribution < -0.4 is 0 Å². The largest absolute Gasteiger partial charge is 0.481 e. The van der Waals surface area contributed by atoms with Crippen LogP contribution >= 0.6 is 0 Å². The number of unbranched alkanes of at least 4 members (excludes halogenated alkanes) is 10. The zero-order valence-electron chi connectivity index (χ0n) is 14.1. The molecular formula is C18H36O3. The molecule has 0 spiro atoms. The van der Waals surface area contributed by atoms with E-state index in [9.17, 15) is 0 Å². The van der Waals surface area contributed by atoms with Gasteiger partial charge in [-0.25, -0.2) is 0 Å². The Kier molecular flexibility index (Phi) is 23.0. The lowest BCUT2D eigenvalue weighted by Gasteiger charge is -2.00. The zero-order chi connectivity index (χ0) is 16.2. The molecule has 3 heteroatoms.